The molecule has 0 aliphatic carbocycles. The predicted molar refractivity (Wildman–Crippen MR) is 71.4 cm³/mol. The van der Waals surface area contributed by atoms with E-state index >= 15 is 0 Å². The highest BCUT2D eigenvalue weighted by atomic mass is 32.1. The van der Waals surface area contributed by atoms with Crippen LogP contribution in [0, 0.1) is 6.92 Å². The van der Waals surface area contributed by atoms with E-state index in [0.29, 0.717) is 29.6 Å². The molecule has 0 saturated carbocycles. The van der Waals surface area contributed by atoms with Gasteiger partial charge < -0.3 is 15.2 Å². The molecule has 5 heteroatoms. The Balaban J connectivity index is 2.64. The lowest BCUT2D eigenvalue weighted by molar-refractivity contribution is 0.0542. The lowest BCUT2D eigenvalue weighted by atomic mass is 10.1. The zero-order chi connectivity index (χ0) is 12.8. The van der Waals surface area contributed by atoms with Gasteiger partial charge in [0.2, 0.25) is 5.88 Å². The number of hydrogen-bond acceptors (Lipinski definition) is 4. The number of aromatic nitrogens is 1. The summed E-state index contributed by atoms with van der Waals surface area (Å²) in [6.45, 7) is 6.83. The van der Waals surface area contributed by atoms with Crippen molar-refractivity contribution in [3.63, 3.8) is 0 Å². The molecule has 1 aromatic heterocycles. The second-order valence-corrected chi connectivity index (χ2v) is 4.38. The molecular formula is C12H18N2O2S. The molecule has 0 aromatic carbocycles. The number of aryl methyl sites for hydroxylation is 1. The first-order valence-corrected chi connectivity index (χ1v) is 5.93. The highest BCUT2D eigenvalue weighted by molar-refractivity contribution is 7.80. The van der Waals surface area contributed by atoms with Gasteiger partial charge in [0.05, 0.1) is 18.3 Å². The molecule has 0 unspecified atom stereocenters. The maximum absolute atomic E-state index is 5.65. The van der Waals surface area contributed by atoms with Gasteiger partial charge in [-0.15, -0.1) is 0 Å². The molecule has 0 bridgehead atoms. The van der Waals surface area contributed by atoms with Crippen molar-refractivity contribution in [3.8, 4) is 5.88 Å². The van der Waals surface area contributed by atoms with Crippen LogP contribution < -0.4 is 10.5 Å². The smallest absolute Gasteiger partial charge is 0.224 e. The first kappa shape index (κ1) is 13.9. The Labute approximate surface area is 107 Å². The minimum absolute atomic E-state index is 0.194. The quantitative estimate of drug-likeness (QED) is 0.620. The Hall–Kier alpha value is -1.20. The predicted octanol–water partition coefficient (Wildman–Crippen LogP) is 1.83. The molecule has 1 heterocycles. The summed E-state index contributed by atoms with van der Waals surface area (Å²) in [6, 6.07) is 1.85. The van der Waals surface area contributed by atoms with E-state index in [0.717, 1.165) is 5.56 Å². The Morgan fingerprint density at radius 2 is 2.18 bits per heavy atom. The van der Waals surface area contributed by atoms with Crippen molar-refractivity contribution in [1.29, 1.82) is 0 Å². The summed E-state index contributed by atoms with van der Waals surface area (Å²) < 4.78 is 10.9. The minimum Gasteiger partial charge on any atom is -0.475 e. The fourth-order valence-corrected chi connectivity index (χ4v) is 1.61. The van der Waals surface area contributed by atoms with Crippen molar-refractivity contribution in [3.05, 3.63) is 23.4 Å². The maximum Gasteiger partial charge on any atom is 0.224 e. The van der Waals surface area contributed by atoms with E-state index in [1.807, 2.05) is 26.8 Å². The summed E-state index contributed by atoms with van der Waals surface area (Å²) in [7, 11) is 0. The van der Waals surface area contributed by atoms with Crippen LogP contribution in [0.25, 0.3) is 0 Å². The summed E-state index contributed by atoms with van der Waals surface area (Å²) in [5, 5.41) is 0. The van der Waals surface area contributed by atoms with Gasteiger partial charge >= 0.3 is 0 Å². The first-order chi connectivity index (χ1) is 8.02. The molecule has 0 fully saturated rings. The molecular weight excluding hydrogens is 236 g/mol. The molecule has 94 valence electrons. The summed E-state index contributed by atoms with van der Waals surface area (Å²) >= 11 is 4.98. The zero-order valence-electron chi connectivity index (χ0n) is 10.4. The Morgan fingerprint density at radius 3 is 2.76 bits per heavy atom. The van der Waals surface area contributed by atoms with Gasteiger partial charge in [0.25, 0.3) is 0 Å². The van der Waals surface area contributed by atoms with Gasteiger partial charge in [-0.25, -0.2) is 4.98 Å². The molecule has 0 spiro atoms. The SMILES string of the molecule is Cc1ccnc(OCCOC(C)C)c1C(N)=S. The van der Waals surface area contributed by atoms with Crippen LogP contribution in [-0.2, 0) is 4.74 Å². The number of hydrogen-bond donors (Lipinski definition) is 1. The summed E-state index contributed by atoms with van der Waals surface area (Å²) in [6.07, 6.45) is 1.87. The molecule has 0 radical (unpaired) electrons. The number of nitrogens with zero attached hydrogens (tertiary/aromatic N) is 1. The van der Waals surface area contributed by atoms with Crippen LogP contribution in [0.5, 0.6) is 5.88 Å². The standard InChI is InChI=1S/C12H18N2O2S/c1-8(2)15-6-7-16-12-10(11(13)17)9(3)4-5-14-12/h4-5,8H,6-7H2,1-3H3,(H2,13,17). The van der Waals surface area contributed by atoms with Crippen LogP contribution in [0.2, 0.25) is 0 Å². The van der Waals surface area contributed by atoms with Gasteiger partial charge in [0.1, 0.15) is 11.6 Å². The van der Waals surface area contributed by atoms with Gasteiger partial charge in [0.15, 0.2) is 0 Å². The van der Waals surface area contributed by atoms with Crippen molar-refractivity contribution in [1.82, 2.24) is 4.98 Å². The first-order valence-electron chi connectivity index (χ1n) is 5.52. The van der Waals surface area contributed by atoms with Gasteiger partial charge in [-0.05, 0) is 32.4 Å². The van der Waals surface area contributed by atoms with Crippen molar-refractivity contribution < 1.29 is 9.47 Å². The molecule has 0 amide bonds. The topological polar surface area (TPSA) is 57.4 Å². The molecule has 4 nitrogen and oxygen atoms in total. The van der Waals surface area contributed by atoms with Gasteiger partial charge in [0, 0.05) is 6.20 Å². The Kier molecular flexibility index (Phi) is 5.31. The highest BCUT2D eigenvalue weighted by Gasteiger charge is 2.10. The van der Waals surface area contributed by atoms with Crippen molar-refractivity contribution >= 4 is 17.2 Å². The van der Waals surface area contributed by atoms with E-state index < -0.39 is 0 Å². The third-order valence-corrected chi connectivity index (χ3v) is 2.35. The lowest BCUT2D eigenvalue weighted by Crippen LogP contribution is -2.17. The molecule has 0 aliphatic rings. The van der Waals surface area contributed by atoms with Gasteiger partial charge in [-0.1, -0.05) is 12.2 Å². The minimum atomic E-state index is 0.194. The molecule has 1 aromatic rings. The van der Waals surface area contributed by atoms with Crippen LogP contribution in [0.1, 0.15) is 25.0 Å². The van der Waals surface area contributed by atoms with Crippen molar-refractivity contribution in [2.75, 3.05) is 13.2 Å². The second-order valence-electron chi connectivity index (χ2n) is 3.94. The van der Waals surface area contributed by atoms with E-state index in [4.69, 9.17) is 27.4 Å². The number of nitrogens with two attached hydrogens (primary N) is 1. The fraction of sp³-hybridized carbons (Fsp3) is 0.500. The second kappa shape index (κ2) is 6.51. The third kappa shape index (κ3) is 4.28. The molecule has 2 N–H and O–H groups in total. The summed E-state index contributed by atoms with van der Waals surface area (Å²) in [5.74, 6) is 0.477. The number of thiocarbonyl (C=S) groups is 1. The van der Waals surface area contributed by atoms with Crippen LogP contribution >= 0.6 is 12.2 Å². The monoisotopic (exact) mass is 254 g/mol. The average Bonchev–Trinajstić information content (AvgIpc) is 2.23. The Bertz CT molecular complexity index is 394. The van der Waals surface area contributed by atoms with Crippen LogP contribution in [0.4, 0.5) is 0 Å². The molecule has 17 heavy (non-hydrogen) atoms. The maximum atomic E-state index is 5.65. The van der Waals surface area contributed by atoms with Crippen molar-refractivity contribution in [2.45, 2.75) is 26.9 Å². The van der Waals surface area contributed by atoms with E-state index in [1.54, 1.807) is 6.20 Å². The van der Waals surface area contributed by atoms with Crippen LogP contribution in [0.15, 0.2) is 12.3 Å². The third-order valence-electron chi connectivity index (χ3n) is 2.14. The van der Waals surface area contributed by atoms with E-state index in [9.17, 15) is 0 Å². The average molecular weight is 254 g/mol. The van der Waals surface area contributed by atoms with E-state index in [-0.39, 0.29) is 6.10 Å². The van der Waals surface area contributed by atoms with Gasteiger partial charge in [-0.3, -0.25) is 0 Å². The molecule has 0 aliphatic heterocycles. The van der Waals surface area contributed by atoms with E-state index in [2.05, 4.69) is 4.98 Å². The number of rotatable bonds is 6. The fourth-order valence-electron chi connectivity index (χ4n) is 1.36. The van der Waals surface area contributed by atoms with Crippen molar-refractivity contribution in [2.24, 2.45) is 5.73 Å². The Morgan fingerprint density at radius 1 is 1.47 bits per heavy atom. The summed E-state index contributed by atoms with van der Waals surface area (Å²) in [5.41, 5.74) is 7.31. The normalized spacial score (nSPS) is 10.6. The van der Waals surface area contributed by atoms with Crippen LogP contribution in [0.3, 0.4) is 0 Å². The summed E-state index contributed by atoms with van der Waals surface area (Å²) in [4.78, 5) is 4.43. The highest BCUT2D eigenvalue weighted by Crippen LogP contribution is 2.18. The molecule has 0 atom stereocenters. The van der Waals surface area contributed by atoms with Crippen LogP contribution in [-0.4, -0.2) is 29.3 Å². The number of pyridine rings is 1. The number of ether oxygens (including phenoxy) is 2. The lowest BCUT2D eigenvalue weighted by Gasteiger charge is -2.12. The molecule has 0 saturated heterocycles. The molecule has 1 rings (SSSR count). The zero-order valence-corrected chi connectivity index (χ0v) is 11.2. The van der Waals surface area contributed by atoms with E-state index in [1.165, 1.54) is 0 Å². The van der Waals surface area contributed by atoms with Gasteiger partial charge in [-0.2, -0.15) is 0 Å². The largest absolute Gasteiger partial charge is 0.475 e.